The SMILES string of the molecule is CCCOc1c(C=CC(=O)c2csnn2)cccc1OCC. The van der Waals surface area contributed by atoms with Crippen LogP contribution in [0.25, 0.3) is 6.08 Å². The molecule has 1 heterocycles. The van der Waals surface area contributed by atoms with Crippen LogP contribution in [0.5, 0.6) is 11.5 Å². The number of ether oxygens (including phenoxy) is 2. The summed E-state index contributed by atoms with van der Waals surface area (Å²) in [5.74, 6) is 1.16. The lowest BCUT2D eigenvalue weighted by Gasteiger charge is -2.13. The van der Waals surface area contributed by atoms with Gasteiger partial charge in [0.05, 0.1) is 13.2 Å². The smallest absolute Gasteiger partial charge is 0.207 e. The Morgan fingerprint density at radius 1 is 1.32 bits per heavy atom. The first kappa shape index (κ1) is 16.2. The van der Waals surface area contributed by atoms with E-state index in [9.17, 15) is 4.79 Å². The molecule has 5 nitrogen and oxygen atoms in total. The standard InChI is InChI=1S/C16H18N2O3S/c1-3-10-21-16-12(6-5-7-15(16)20-4-2)8-9-14(19)13-11-22-18-17-13/h5-9,11H,3-4,10H2,1-2H3. The lowest BCUT2D eigenvalue weighted by molar-refractivity contribution is 0.104. The molecule has 0 saturated heterocycles. The van der Waals surface area contributed by atoms with E-state index in [0.29, 0.717) is 30.4 Å². The number of para-hydroxylation sites is 1. The summed E-state index contributed by atoms with van der Waals surface area (Å²) in [6, 6.07) is 5.62. The molecule has 0 aliphatic carbocycles. The molecule has 0 bridgehead atoms. The van der Waals surface area contributed by atoms with Crippen molar-refractivity contribution in [3.8, 4) is 11.5 Å². The van der Waals surface area contributed by atoms with Crippen molar-refractivity contribution in [2.75, 3.05) is 13.2 Å². The summed E-state index contributed by atoms with van der Waals surface area (Å²) in [7, 11) is 0. The third kappa shape index (κ3) is 4.14. The van der Waals surface area contributed by atoms with Gasteiger partial charge in [0.25, 0.3) is 0 Å². The molecule has 6 heteroatoms. The molecule has 2 rings (SSSR count). The lowest BCUT2D eigenvalue weighted by Crippen LogP contribution is -2.02. The van der Waals surface area contributed by atoms with E-state index in [2.05, 4.69) is 9.59 Å². The molecule has 0 saturated carbocycles. The highest BCUT2D eigenvalue weighted by Crippen LogP contribution is 2.32. The first-order chi connectivity index (χ1) is 10.8. The summed E-state index contributed by atoms with van der Waals surface area (Å²) in [5, 5.41) is 5.38. The van der Waals surface area contributed by atoms with Crippen molar-refractivity contribution < 1.29 is 14.3 Å². The highest BCUT2D eigenvalue weighted by atomic mass is 32.1. The Morgan fingerprint density at radius 2 is 2.18 bits per heavy atom. The molecule has 2 aromatic rings. The fourth-order valence-electron chi connectivity index (χ4n) is 1.81. The molecule has 0 unspecified atom stereocenters. The molecule has 0 aliphatic heterocycles. The van der Waals surface area contributed by atoms with Gasteiger partial charge < -0.3 is 9.47 Å². The van der Waals surface area contributed by atoms with E-state index in [1.54, 1.807) is 11.5 Å². The second-order valence-corrected chi connectivity index (χ2v) is 5.05. The van der Waals surface area contributed by atoms with Crippen LogP contribution in [0.3, 0.4) is 0 Å². The van der Waals surface area contributed by atoms with Crippen LogP contribution in [0.15, 0.2) is 29.7 Å². The molecule has 0 radical (unpaired) electrons. The Hall–Kier alpha value is -2.21. The number of rotatable bonds is 8. The van der Waals surface area contributed by atoms with Crippen molar-refractivity contribution in [2.24, 2.45) is 0 Å². The van der Waals surface area contributed by atoms with E-state index >= 15 is 0 Å². The quantitative estimate of drug-likeness (QED) is 0.549. The number of hydrogen-bond acceptors (Lipinski definition) is 6. The summed E-state index contributed by atoms with van der Waals surface area (Å²) in [4.78, 5) is 12.0. The molecular formula is C16H18N2O3S. The zero-order valence-corrected chi connectivity index (χ0v) is 13.4. The predicted molar refractivity (Wildman–Crippen MR) is 86.7 cm³/mol. The first-order valence-corrected chi connectivity index (χ1v) is 7.98. The zero-order valence-electron chi connectivity index (χ0n) is 12.6. The van der Waals surface area contributed by atoms with Gasteiger partial charge in [-0.1, -0.05) is 23.5 Å². The van der Waals surface area contributed by atoms with Crippen molar-refractivity contribution in [1.29, 1.82) is 0 Å². The fraction of sp³-hybridized carbons (Fsp3) is 0.312. The Balaban J connectivity index is 2.25. The number of benzene rings is 1. The molecule has 1 aromatic heterocycles. The number of allylic oxidation sites excluding steroid dienone is 1. The second-order valence-electron chi connectivity index (χ2n) is 4.44. The summed E-state index contributed by atoms with van der Waals surface area (Å²) in [6.45, 7) is 5.11. The summed E-state index contributed by atoms with van der Waals surface area (Å²) >= 11 is 1.15. The van der Waals surface area contributed by atoms with Gasteiger partial charge in [-0.2, -0.15) is 0 Å². The maximum absolute atomic E-state index is 12.0. The van der Waals surface area contributed by atoms with Crippen molar-refractivity contribution in [3.63, 3.8) is 0 Å². The van der Waals surface area contributed by atoms with Crippen LogP contribution in [0.1, 0.15) is 36.3 Å². The zero-order chi connectivity index (χ0) is 15.8. The molecule has 0 amide bonds. The molecule has 116 valence electrons. The number of carbonyl (C=O) groups excluding carboxylic acids is 1. The van der Waals surface area contributed by atoms with Crippen LogP contribution in [0, 0.1) is 0 Å². The normalized spacial score (nSPS) is 10.8. The van der Waals surface area contributed by atoms with Crippen molar-refractivity contribution in [3.05, 3.63) is 40.9 Å². The molecule has 1 aromatic carbocycles. The number of ketones is 1. The van der Waals surface area contributed by atoms with Gasteiger partial charge in [-0.3, -0.25) is 4.79 Å². The maximum atomic E-state index is 12.0. The van der Waals surface area contributed by atoms with Crippen LogP contribution in [-0.4, -0.2) is 28.6 Å². The lowest BCUT2D eigenvalue weighted by atomic mass is 10.1. The van der Waals surface area contributed by atoms with Gasteiger partial charge in [0.1, 0.15) is 5.69 Å². The van der Waals surface area contributed by atoms with Gasteiger partial charge in [-0.05, 0) is 43.1 Å². The van der Waals surface area contributed by atoms with Gasteiger partial charge in [0, 0.05) is 10.9 Å². The largest absolute Gasteiger partial charge is 0.490 e. The van der Waals surface area contributed by atoms with Crippen LogP contribution in [-0.2, 0) is 0 Å². The molecule has 22 heavy (non-hydrogen) atoms. The van der Waals surface area contributed by atoms with Gasteiger partial charge in [-0.25, -0.2) is 0 Å². The summed E-state index contributed by atoms with van der Waals surface area (Å²) in [6.07, 6.45) is 4.09. The molecule has 0 spiro atoms. The first-order valence-electron chi connectivity index (χ1n) is 7.14. The van der Waals surface area contributed by atoms with E-state index in [4.69, 9.17) is 9.47 Å². The Bertz CT molecular complexity index is 639. The van der Waals surface area contributed by atoms with Gasteiger partial charge in [0.15, 0.2) is 11.5 Å². The minimum Gasteiger partial charge on any atom is -0.490 e. The Kier molecular flexibility index (Phi) is 6.09. The van der Waals surface area contributed by atoms with Crippen LogP contribution < -0.4 is 9.47 Å². The van der Waals surface area contributed by atoms with E-state index in [-0.39, 0.29) is 5.78 Å². The third-order valence-corrected chi connectivity index (χ3v) is 3.29. The van der Waals surface area contributed by atoms with Crippen molar-refractivity contribution in [1.82, 2.24) is 9.59 Å². The summed E-state index contributed by atoms with van der Waals surface area (Å²) < 4.78 is 15.1. The molecule has 0 fully saturated rings. The third-order valence-electron chi connectivity index (χ3n) is 2.79. The van der Waals surface area contributed by atoms with Crippen LogP contribution in [0.4, 0.5) is 0 Å². The highest BCUT2D eigenvalue weighted by molar-refractivity contribution is 7.03. The van der Waals surface area contributed by atoms with E-state index < -0.39 is 0 Å². The van der Waals surface area contributed by atoms with E-state index in [1.165, 1.54) is 6.08 Å². The Morgan fingerprint density at radius 3 is 2.86 bits per heavy atom. The minimum atomic E-state index is -0.183. The van der Waals surface area contributed by atoms with Crippen molar-refractivity contribution in [2.45, 2.75) is 20.3 Å². The number of hydrogen-bond donors (Lipinski definition) is 0. The fourth-order valence-corrected chi connectivity index (χ4v) is 2.26. The average Bonchev–Trinajstić information content (AvgIpc) is 3.06. The van der Waals surface area contributed by atoms with Gasteiger partial charge in [0.2, 0.25) is 5.78 Å². The van der Waals surface area contributed by atoms with Crippen molar-refractivity contribution >= 4 is 23.4 Å². The average molecular weight is 318 g/mol. The predicted octanol–water partition coefficient (Wildman–Crippen LogP) is 3.62. The topological polar surface area (TPSA) is 61.3 Å². The number of carbonyl (C=O) groups is 1. The molecule has 0 atom stereocenters. The number of aromatic nitrogens is 2. The highest BCUT2D eigenvalue weighted by Gasteiger charge is 2.10. The molecule has 0 N–H and O–H groups in total. The molecule has 0 aliphatic rings. The van der Waals surface area contributed by atoms with Gasteiger partial charge >= 0.3 is 0 Å². The maximum Gasteiger partial charge on any atom is 0.207 e. The monoisotopic (exact) mass is 318 g/mol. The van der Waals surface area contributed by atoms with E-state index in [1.807, 2.05) is 32.0 Å². The summed E-state index contributed by atoms with van der Waals surface area (Å²) in [5.41, 5.74) is 1.15. The number of nitrogens with zero attached hydrogens (tertiary/aromatic N) is 2. The van der Waals surface area contributed by atoms with Gasteiger partial charge in [-0.15, -0.1) is 5.10 Å². The van der Waals surface area contributed by atoms with Crippen LogP contribution in [0.2, 0.25) is 0 Å². The Labute approximate surface area is 133 Å². The molecular weight excluding hydrogens is 300 g/mol. The van der Waals surface area contributed by atoms with Crippen LogP contribution >= 0.6 is 11.5 Å². The van der Waals surface area contributed by atoms with E-state index in [0.717, 1.165) is 23.5 Å². The minimum absolute atomic E-state index is 0.183. The second kappa shape index (κ2) is 8.29.